The van der Waals surface area contributed by atoms with Gasteiger partial charge in [-0.05, 0) is 48.9 Å². The molecule has 1 unspecified atom stereocenters. The lowest BCUT2D eigenvalue weighted by molar-refractivity contribution is 0.0970. The first-order valence-electron chi connectivity index (χ1n) is 10.3. The average Bonchev–Trinajstić information content (AvgIpc) is 3.11. The summed E-state index contributed by atoms with van der Waals surface area (Å²) in [7, 11) is 0. The van der Waals surface area contributed by atoms with E-state index in [9.17, 15) is 9.59 Å². The van der Waals surface area contributed by atoms with Crippen LogP contribution in [-0.2, 0) is 0 Å². The van der Waals surface area contributed by atoms with E-state index in [-0.39, 0.29) is 16.8 Å². The molecule has 1 atom stereocenters. The van der Waals surface area contributed by atoms with Crippen LogP contribution in [-0.4, -0.2) is 17.5 Å². The lowest BCUT2D eigenvalue weighted by atomic mass is 9.98. The van der Waals surface area contributed by atoms with Crippen LogP contribution >= 0.6 is 11.6 Å². The smallest absolute Gasteiger partial charge is 0.296 e. The maximum Gasteiger partial charge on any atom is 0.296 e. The molecule has 0 radical (unpaired) electrons. The van der Waals surface area contributed by atoms with Gasteiger partial charge >= 0.3 is 0 Å². The lowest BCUT2D eigenvalue weighted by Gasteiger charge is -2.24. The molecule has 4 aromatic rings. The maximum absolute atomic E-state index is 13.6. The third kappa shape index (κ3) is 3.58. The first kappa shape index (κ1) is 21.0. The molecule has 164 valence electrons. The van der Waals surface area contributed by atoms with E-state index in [2.05, 4.69) is 11.6 Å². The quantitative estimate of drug-likeness (QED) is 0.371. The second kappa shape index (κ2) is 8.22. The number of carbonyl (C=O) groups excluding carboxylic acids is 1. The van der Waals surface area contributed by atoms with Crippen molar-refractivity contribution in [2.45, 2.75) is 13.0 Å². The fourth-order valence-corrected chi connectivity index (χ4v) is 4.16. The second-order valence-corrected chi connectivity index (χ2v) is 8.19. The first-order chi connectivity index (χ1) is 16.0. The molecule has 0 saturated heterocycles. The van der Waals surface area contributed by atoms with Gasteiger partial charge in [-0.25, -0.2) is 4.98 Å². The fourth-order valence-electron chi connectivity index (χ4n) is 4.05. The van der Waals surface area contributed by atoms with Crippen molar-refractivity contribution < 1.29 is 13.9 Å². The van der Waals surface area contributed by atoms with Crippen molar-refractivity contribution in [3.63, 3.8) is 0 Å². The number of nitrogens with zero attached hydrogens (tertiary/aromatic N) is 2. The van der Waals surface area contributed by atoms with Crippen LogP contribution in [0.15, 0.2) is 82.7 Å². The van der Waals surface area contributed by atoms with Crippen LogP contribution in [0.1, 0.15) is 33.3 Å². The Morgan fingerprint density at radius 1 is 1.15 bits per heavy atom. The summed E-state index contributed by atoms with van der Waals surface area (Å²) in [4.78, 5) is 33.0. The van der Waals surface area contributed by atoms with Crippen molar-refractivity contribution in [1.29, 1.82) is 0 Å². The van der Waals surface area contributed by atoms with Gasteiger partial charge in [-0.1, -0.05) is 48.0 Å². The molecule has 6 nitrogen and oxygen atoms in total. The van der Waals surface area contributed by atoms with Gasteiger partial charge in [0.15, 0.2) is 5.43 Å². The minimum Gasteiger partial charge on any atom is -0.490 e. The zero-order valence-corrected chi connectivity index (χ0v) is 18.5. The Kier molecular flexibility index (Phi) is 5.23. The average molecular weight is 459 g/mol. The minimum atomic E-state index is -0.712. The third-order valence-corrected chi connectivity index (χ3v) is 5.77. The standard InChI is InChI=1S/C26H19ClN2O4/c1-3-12-32-18-8-5-16(6-9-18)23-22-24(30)19-13-15(2)4-10-20(19)33-25(22)26(31)29(23)21-11-7-17(27)14-28-21/h3-11,13-14,23H,1,12H2,2H3. The number of hydrogen-bond donors (Lipinski definition) is 0. The van der Waals surface area contributed by atoms with E-state index in [1.54, 1.807) is 42.5 Å². The molecule has 1 aliphatic rings. The molecular weight excluding hydrogens is 440 g/mol. The Hall–Kier alpha value is -3.90. The zero-order chi connectivity index (χ0) is 23.1. The van der Waals surface area contributed by atoms with Gasteiger partial charge in [-0.3, -0.25) is 14.5 Å². The summed E-state index contributed by atoms with van der Waals surface area (Å²) in [6.45, 7) is 5.93. The fraction of sp³-hybridized carbons (Fsp3) is 0.115. The highest BCUT2D eigenvalue weighted by atomic mass is 35.5. The number of pyridine rings is 1. The first-order valence-corrected chi connectivity index (χ1v) is 10.7. The van der Waals surface area contributed by atoms with Gasteiger partial charge in [-0.2, -0.15) is 0 Å². The van der Waals surface area contributed by atoms with Crippen molar-refractivity contribution in [1.82, 2.24) is 4.98 Å². The molecule has 0 fully saturated rings. The minimum absolute atomic E-state index is 0.0186. The van der Waals surface area contributed by atoms with Crippen molar-refractivity contribution in [3.05, 3.63) is 111 Å². The van der Waals surface area contributed by atoms with Gasteiger partial charge in [0.1, 0.15) is 23.8 Å². The number of aryl methyl sites for hydroxylation is 1. The normalized spacial score (nSPS) is 15.0. The Morgan fingerprint density at radius 2 is 1.94 bits per heavy atom. The highest BCUT2D eigenvalue weighted by Gasteiger charge is 2.44. The topological polar surface area (TPSA) is 72.6 Å². The van der Waals surface area contributed by atoms with E-state index in [4.69, 9.17) is 20.8 Å². The second-order valence-electron chi connectivity index (χ2n) is 7.75. The number of rotatable bonds is 5. The van der Waals surface area contributed by atoms with Crippen molar-refractivity contribution in [2.24, 2.45) is 0 Å². The summed E-state index contributed by atoms with van der Waals surface area (Å²) >= 11 is 6.01. The summed E-state index contributed by atoms with van der Waals surface area (Å²) in [5, 5.41) is 0.877. The number of carbonyl (C=O) groups is 1. The molecule has 0 saturated carbocycles. The van der Waals surface area contributed by atoms with E-state index < -0.39 is 11.9 Å². The summed E-state index contributed by atoms with van der Waals surface area (Å²) in [5.74, 6) is 0.606. The van der Waals surface area contributed by atoms with Crippen LogP contribution in [0.25, 0.3) is 11.0 Å². The number of benzene rings is 2. The molecule has 0 spiro atoms. The van der Waals surface area contributed by atoms with Crippen LogP contribution in [0.5, 0.6) is 5.75 Å². The molecule has 7 heteroatoms. The molecule has 0 bridgehead atoms. The highest BCUT2D eigenvalue weighted by molar-refractivity contribution is 6.30. The summed E-state index contributed by atoms with van der Waals surface area (Å²) < 4.78 is 11.6. The predicted octanol–water partition coefficient (Wildman–Crippen LogP) is 5.46. The Balaban J connectivity index is 1.72. The highest BCUT2D eigenvalue weighted by Crippen LogP contribution is 2.41. The Bertz CT molecular complexity index is 1440. The number of halogens is 1. The van der Waals surface area contributed by atoms with Crippen molar-refractivity contribution in [2.75, 3.05) is 11.5 Å². The van der Waals surface area contributed by atoms with Crippen LogP contribution in [0, 0.1) is 6.92 Å². The van der Waals surface area contributed by atoms with Crippen LogP contribution in [0.2, 0.25) is 5.02 Å². The monoisotopic (exact) mass is 458 g/mol. The van der Waals surface area contributed by atoms with Gasteiger partial charge in [0.05, 0.1) is 22.0 Å². The van der Waals surface area contributed by atoms with E-state index in [0.717, 1.165) is 11.1 Å². The number of amides is 1. The van der Waals surface area contributed by atoms with Gasteiger partial charge in [0.2, 0.25) is 5.76 Å². The largest absolute Gasteiger partial charge is 0.490 e. The van der Waals surface area contributed by atoms with E-state index in [1.165, 1.54) is 11.1 Å². The number of aromatic nitrogens is 1. The molecule has 1 amide bonds. The summed E-state index contributed by atoms with van der Waals surface area (Å²) in [5.41, 5.74) is 2.07. The van der Waals surface area contributed by atoms with E-state index >= 15 is 0 Å². The molecule has 2 aromatic heterocycles. The molecule has 3 heterocycles. The number of hydrogen-bond acceptors (Lipinski definition) is 5. The number of ether oxygens (including phenoxy) is 1. The summed E-state index contributed by atoms with van der Waals surface area (Å²) in [6.07, 6.45) is 3.12. The van der Waals surface area contributed by atoms with Gasteiger partial charge < -0.3 is 9.15 Å². The van der Waals surface area contributed by atoms with Crippen molar-refractivity contribution in [3.8, 4) is 5.75 Å². The molecule has 0 aliphatic carbocycles. The van der Waals surface area contributed by atoms with Crippen molar-refractivity contribution >= 4 is 34.3 Å². The predicted molar refractivity (Wildman–Crippen MR) is 127 cm³/mol. The molecule has 33 heavy (non-hydrogen) atoms. The Labute approximate surface area is 194 Å². The SMILES string of the molecule is C=CCOc1ccc(C2c3c(oc4ccc(C)cc4c3=O)C(=O)N2c2ccc(Cl)cn2)cc1. The molecule has 0 N–H and O–H groups in total. The van der Waals surface area contributed by atoms with Crippen LogP contribution < -0.4 is 15.1 Å². The number of anilines is 1. The van der Waals surface area contributed by atoms with E-state index in [1.807, 2.05) is 25.1 Å². The molecule has 2 aromatic carbocycles. The Morgan fingerprint density at radius 3 is 2.64 bits per heavy atom. The summed E-state index contributed by atoms with van der Waals surface area (Å²) in [6, 6.07) is 15.2. The van der Waals surface area contributed by atoms with Gasteiger partial charge in [-0.15, -0.1) is 0 Å². The molecule has 1 aliphatic heterocycles. The van der Waals surface area contributed by atoms with Crippen LogP contribution in [0.3, 0.4) is 0 Å². The maximum atomic E-state index is 13.6. The van der Waals surface area contributed by atoms with E-state index in [0.29, 0.717) is 34.2 Å². The zero-order valence-electron chi connectivity index (χ0n) is 17.7. The van der Waals surface area contributed by atoms with Gasteiger partial charge in [0.25, 0.3) is 5.91 Å². The lowest BCUT2D eigenvalue weighted by Crippen LogP contribution is -2.30. The molecule has 5 rings (SSSR count). The molecular formula is C26H19ClN2O4. The third-order valence-electron chi connectivity index (χ3n) is 5.55. The van der Waals surface area contributed by atoms with Crippen LogP contribution in [0.4, 0.5) is 5.82 Å². The van der Waals surface area contributed by atoms with Gasteiger partial charge in [0, 0.05) is 6.20 Å². The number of fused-ring (bicyclic) bond motifs is 2.